The van der Waals surface area contributed by atoms with Crippen molar-refractivity contribution in [1.82, 2.24) is 18.7 Å². The Morgan fingerprint density at radius 3 is 2.52 bits per heavy atom. The summed E-state index contributed by atoms with van der Waals surface area (Å²) in [6.07, 6.45) is 5.08. The van der Waals surface area contributed by atoms with Gasteiger partial charge in [0, 0.05) is 33.0 Å². The summed E-state index contributed by atoms with van der Waals surface area (Å²) in [4.78, 5) is 30.2. The van der Waals surface area contributed by atoms with Crippen molar-refractivity contribution in [3.63, 3.8) is 0 Å². The van der Waals surface area contributed by atoms with E-state index in [4.69, 9.17) is 9.47 Å². The first-order chi connectivity index (χ1) is 12.9. The van der Waals surface area contributed by atoms with Gasteiger partial charge in [-0.1, -0.05) is 13.8 Å². The minimum Gasteiger partial charge on any atom is -0.348 e. The Morgan fingerprint density at radius 1 is 1.22 bits per heavy atom. The van der Waals surface area contributed by atoms with Gasteiger partial charge in [0.15, 0.2) is 17.0 Å². The van der Waals surface area contributed by atoms with Gasteiger partial charge in [0.1, 0.15) is 0 Å². The van der Waals surface area contributed by atoms with Crippen LogP contribution in [0.2, 0.25) is 0 Å². The lowest BCUT2D eigenvalue weighted by Gasteiger charge is -2.35. The van der Waals surface area contributed by atoms with Gasteiger partial charge in [0.05, 0.1) is 19.5 Å². The molecule has 0 unspecified atom stereocenters. The van der Waals surface area contributed by atoms with Gasteiger partial charge in [0.25, 0.3) is 5.56 Å². The van der Waals surface area contributed by atoms with Crippen molar-refractivity contribution in [2.45, 2.75) is 58.4 Å². The molecule has 1 aliphatic carbocycles. The second-order valence-electron chi connectivity index (χ2n) is 8.27. The molecule has 2 aromatic rings. The van der Waals surface area contributed by atoms with Gasteiger partial charge in [0.2, 0.25) is 0 Å². The molecule has 1 saturated carbocycles. The quantitative estimate of drug-likeness (QED) is 0.808. The summed E-state index contributed by atoms with van der Waals surface area (Å²) in [7, 11) is 1.68. The molecule has 8 heteroatoms. The van der Waals surface area contributed by atoms with Crippen molar-refractivity contribution in [2.24, 2.45) is 18.9 Å². The van der Waals surface area contributed by atoms with Crippen molar-refractivity contribution < 1.29 is 9.47 Å². The van der Waals surface area contributed by atoms with Crippen LogP contribution in [0.5, 0.6) is 0 Å². The summed E-state index contributed by atoms with van der Waals surface area (Å²) in [5.41, 5.74) is 0.439. The molecule has 2 fully saturated rings. The molecular weight excluding hydrogens is 348 g/mol. The van der Waals surface area contributed by atoms with Crippen molar-refractivity contribution in [3.05, 3.63) is 27.2 Å². The number of hydrogen-bond donors (Lipinski definition) is 0. The maximum absolute atomic E-state index is 13.1. The third kappa shape index (κ3) is 3.25. The zero-order valence-corrected chi connectivity index (χ0v) is 16.3. The summed E-state index contributed by atoms with van der Waals surface area (Å²) >= 11 is 0. The lowest BCUT2D eigenvalue weighted by atomic mass is 9.85. The first-order valence-electron chi connectivity index (χ1n) is 9.83. The zero-order valence-electron chi connectivity index (χ0n) is 16.3. The second kappa shape index (κ2) is 6.91. The Bertz CT molecular complexity index is 939. The highest BCUT2D eigenvalue weighted by Crippen LogP contribution is 2.38. The lowest BCUT2D eigenvalue weighted by molar-refractivity contribution is -0.183. The fraction of sp³-hybridized carbons (Fsp3) is 0.737. The smallest absolute Gasteiger partial charge is 0.332 e. The fourth-order valence-electron chi connectivity index (χ4n) is 4.36. The number of imidazole rings is 1. The molecule has 0 radical (unpaired) electrons. The largest absolute Gasteiger partial charge is 0.348 e. The molecule has 2 aliphatic rings. The minimum absolute atomic E-state index is 0.236. The third-order valence-corrected chi connectivity index (χ3v) is 5.78. The van der Waals surface area contributed by atoms with Crippen LogP contribution >= 0.6 is 0 Å². The normalized spacial score (nSPS) is 20.3. The van der Waals surface area contributed by atoms with Gasteiger partial charge < -0.3 is 14.0 Å². The number of aromatic nitrogens is 4. The number of nitrogens with zero attached hydrogens (tertiary/aromatic N) is 4. The van der Waals surface area contributed by atoms with E-state index in [1.54, 1.807) is 13.4 Å². The van der Waals surface area contributed by atoms with Crippen molar-refractivity contribution in [3.8, 4) is 0 Å². The van der Waals surface area contributed by atoms with E-state index in [1.807, 2.05) is 4.57 Å². The number of hydrogen-bond acceptors (Lipinski definition) is 5. The van der Waals surface area contributed by atoms with Gasteiger partial charge in [-0.05, 0) is 24.7 Å². The predicted molar refractivity (Wildman–Crippen MR) is 101 cm³/mol. The van der Waals surface area contributed by atoms with E-state index in [0.717, 1.165) is 25.7 Å². The molecule has 1 saturated heterocycles. The first-order valence-corrected chi connectivity index (χ1v) is 9.83. The molecule has 0 bridgehead atoms. The van der Waals surface area contributed by atoms with E-state index >= 15 is 0 Å². The van der Waals surface area contributed by atoms with E-state index in [1.165, 1.54) is 9.13 Å². The highest BCUT2D eigenvalue weighted by Gasteiger charge is 2.40. The molecule has 2 aromatic heterocycles. The van der Waals surface area contributed by atoms with Crippen LogP contribution in [0, 0.1) is 11.8 Å². The number of aryl methyl sites for hydroxylation is 1. The molecule has 148 valence electrons. The monoisotopic (exact) mass is 376 g/mol. The average molecular weight is 376 g/mol. The van der Waals surface area contributed by atoms with Gasteiger partial charge in [-0.25, -0.2) is 9.78 Å². The summed E-state index contributed by atoms with van der Waals surface area (Å²) in [6.45, 7) is 6.63. The standard InChI is InChI=1S/C19H28N4O4/c1-13(2)10-22-12-20-16-15(22)17(24)23(18(25)21(16)3)11-14-4-6-19(7-5-14)26-8-9-27-19/h12-14H,4-11H2,1-3H3. The zero-order chi connectivity index (χ0) is 19.2. The molecular formula is C19H28N4O4. The molecule has 1 aliphatic heterocycles. The highest BCUT2D eigenvalue weighted by molar-refractivity contribution is 5.69. The maximum Gasteiger partial charge on any atom is 0.332 e. The molecule has 0 N–H and O–H groups in total. The first kappa shape index (κ1) is 18.4. The van der Waals surface area contributed by atoms with Gasteiger partial charge in [-0.3, -0.25) is 13.9 Å². The Balaban J connectivity index is 1.63. The summed E-state index contributed by atoms with van der Waals surface area (Å²) < 4.78 is 16.3. The molecule has 0 aromatic carbocycles. The SMILES string of the molecule is CC(C)Cn1cnc2c1c(=O)n(CC1CCC3(CC1)OCCO3)c(=O)n2C. The van der Waals surface area contributed by atoms with Crippen molar-refractivity contribution in [1.29, 1.82) is 0 Å². The Morgan fingerprint density at radius 2 is 1.89 bits per heavy atom. The number of fused-ring (bicyclic) bond motifs is 1. The van der Waals surface area contributed by atoms with Crippen LogP contribution in [0.1, 0.15) is 39.5 Å². The molecule has 8 nitrogen and oxygen atoms in total. The fourth-order valence-corrected chi connectivity index (χ4v) is 4.36. The Kier molecular flexibility index (Phi) is 4.71. The van der Waals surface area contributed by atoms with Crippen LogP contribution in [0.25, 0.3) is 11.2 Å². The van der Waals surface area contributed by atoms with Crippen molar-refractivity contribution >= 4 is 11.2 Å². The Labute approximate surface area is 157 Å². The van der Waals surface area contributed by atoms with Crippen LogP contribution in [0.3, 0.4) is 0 Å². The molecule has 27 heavy (non-hydrogen) atoms. The van der Waals surface area contributed by atoms with Crippen LogP contribution in [-0.2, 0) is 29.6 Å². The van der Waals surface area contributed by atoms with Gasteiger partial charge >= 0.3 is 5.69 Å². The number of rotatable bonds is 4. The summed E-state index contributed by atoms with van der Waals surface area (Å²) in [6, 6.07) is 0. The average Bonchev–Trinajstić information content (AvgIpc) is 3.26. The van der Waals surface area contributed by atoms with E-state index in [-0.39, 0.29) is 17.2 Å². The summed E-state index contributed by atoms with van der Waals surface area (Å²) in [5.74, 6) is 0.230. The Hall–Kier alpha value is -1.93. The molecule has 0 amide bonds. The maximum atomic E-state index is 13.1. The van der Waals surface area contributed by atoms with E-state index in [0.29, 0.717) is 43.4 Å². The molecule has 1 spiro atoms. The van der Waals surface area contributed by atoms with E-state index < -0.39 is 5.79 Å². The van der Waals surface area contributed by atoms with Crippen LogP contribution in [0.15, 0.2) is 15.9 Å². The van der Waals surface area contributed by atoms with Crippen LogP contribution in [-0.4, -0.2) is 37.7 Å². The lowest BCUT2D eigenvalue weighted by Crippen LogP contribution is -2.43. The second-order valence-corrected chi connectivity index (χ2v) is 8.27. The van der Waals surface area contributed by atoms with Crippen LogP contribution < -0.4 is 11.2 Å². The topological polar surface area (TPSA) is 80.3 Å². The molecule has 0 atom stereocenters. The van der Waals surface area contributed by atoms with Gasteiger partial charge in [-0.2, -0.15) is 0 Å². The summed E-state index contributed by atoms with van der Waals surface area (Å²) in [5, 5.41) is 0. The van der Waals surface area contributed by atoms with Crippen LogP contribution in [0.4, 0.5) is 0 Å². The number of ether oxygens (including phenoxy) is 2. The van der Waals surface area contributed by atoms with Crippen molar-refractivity contribution in [2.75, 3.05) is 13.2 Å². The molecule has 4 rings (SSSR count). The molecule has 3 heterocycles. The predicted octanol–water partition coefficient (Wildman–Crippen LogP) is 1.49. The van der Waals surface area contributed by atoms with E-state index in [9.17, 15) is 9.59 Å². The highest BCUT2D eigenvalue weighted by atomic mass is 16.7. The minimum atomic E-state index is -0.424. The third-order valence-electron chi connectivity index (χ3n) is 5.78. The van der Waals surface area contributed by atoms with Gasteiger partial charge in [-0.15, -0.1) is 0 Å². The van der Waals surface area contributed by atoms with E-state index in [2.05, 4.69) is 18.8 Å².